The first-order valence-electron chi connectivity index (χ1n) is 13.1. The third-order valence-electron chi connectivity index (χ3n) is 6.72. The Morgan fingerprint density at radius 1 is 1.15 bits per heavy atom. The van der Waals surface area contributed by atoms with Gasteiger partial charge in [0.25, 0.3) is 5.91 Å². The zero-order valence-corrected chi connectivity index (χ0v) is 24.0. The van der Waals surface area contributed by atoms with Crippen LogP contribution in [0.15, 0.2) is 29.1 Å². The fourth-order valence-corrected chi connectivity index (χ4v) is 4.69. The van der Waals surface area contributed by atoms with Crippen molar-refractivity contribution in [2.24, 2.45) is 7.05 Å². The van der Waals surface area contributed by atoms with E-state index in [0.717, 1.165) is 23.5 Å². The summed E-state index contributed by atoms with van der Waals surface area (Å²) in [6.07, 6.45) is 1.34. The minimum absolute atomic E-state index is 0.0478. The number of nitrogens with one attached hydrogen (secondary N) is 2. The molecule has 1 aromatic carbocycles. The molecule has 1 saturated heterocycles. The van der Waals surface area contributed by atoms with Gasteiger partial charge in [0, 0.05) is 53.0 Å². The molecule has 0 saturated carbocycles. The second-order valence-corrected chi connectivity index (χ2v) is 10.2. The Kier molecular flexibility index (Phi) is 9.16. The Balaban J connectivity index is 1.49. The molecular weight excluding hydrogens is 560 g/mol. The first-order valence-corrected chi connectivity index (χ1v) is 13.5. The van der Waals surface area contributed by atoms with Gasteiger partial charge in [0.05, 0.1) is 28.5 Å². The van der Waals surface area contributed by atoms with Crippen molar-refractivity contribution in [2.75, 3.05) is 57.1 Å². The summed E-state index contributed by atoms with van der Waals surface area (Å²) >= 11 is 6.47. The second kappa shape index (κ2) is 12.6. The van der Waals surface area contributed by atoms with Crippen LogP contribution in [0.25, 0.3) is 11.3 Å². The SMILES string of the molecule is CCCCOC(=O)N1CCN(C(=O)c2ccc(Nc3[nH]c(=O)n(C)c3-c3cc(F)c(N(C)C)nc3F)cc2Cl)CC1. The van der Waals surface area contributed by atoms with Gasteiger partial charge in [-0.1, -0.05) is 24.9 Å². The van der Waals surface area contributed by atoms with Crippen LogP contribution in [-0.4, -0.2) is 83.2 Å². The van der Waals surface area contributed by atoms with E-state index in [9.17, 15) is 23.2 Å². The molecule has 3 aromatic rings. The van der Waals surface area contributed by atoms with Crippen LogP contribution in [-0.2, 0) is 11.8 Å². The van der Waals surface area contributed by atoms with Crippen molar-refractivity contribution < 1.29 is 23.1 Å². The molecule has 41 heavy (non-hydrogen) atoms. The molecule has 0 spiro atoms. The van der Waals surface area contributed by atoms with E-state index in [1.807, 2.05) is 6.92 Å². The van der Waals surface area contributed by atoms with Gasteiger partial charge in [0.15, 0.2) is 11.6 Å². The van der Waals surface area contributed by atoms with Gasteiger partial charge in [-0.3, -0.25) is 14.3 Å². The van der Waals surface area contributed by atoms with Crippen molar-refractivity contribution in [1.29, 1.82) is 0 Å². The summed E-state index contributed by atoms with van der Waals surface area (Å²) in [7, 11) is 4.48. The van der Waals surface area contributed by atoms with E-state index < -0.39 is 17.5 Å². The zero-order chi connectivity index (χ0) is 29.8. The molecule has 4 rings (SSSR count). The van der Waals surface area contributed by atoms with E-state index in [1.165, 1.54) is 38.2 Å². The highest BCUT2D eigenvalue weighted by atomic mass is 35.5. The molecule has 0 radical (unpaired) electrons. The number of nitrogens with zero attached hydrogens (tertiary/aromatic N) is 5. The Morgan fingerprint density at radius 3 is 2.46 bits per heavy atom. The molecule has 0 aliphatic carbocycles. The van der Waals surface area contributed by atoms with Gasteiger partial charge in [-0.2, -0.15) is 9.37 Å². The predicted octanol–water partition coefficient (Wildman–Crippen LogP) is 4.21. The smallest absolute Gasteiger partial charge is 0.409 e. The molecule has 1 fully saturated rings. The number of carbonyl (C=O) groups excluding carboxylic acids is 2. The number of halogens is 3. The average Bonchev–Trinajstić information content (AvgIpc) is 3.21. The fraction of sp³-hybridized carbons (Fsp3) is 0.407. The fourth-order valence-electron chi connectivity index (χ4n) is 4.43. The number of unbranched alkanes of at least 4 members (excludes halogenated alkanes) is 1. The largest absolute Gasteiger partial charge is 0.449 e. The summed E-state index contributed by atoms with van der Waals surface area (Å²) in [4.78, 5) is 48.6. The molecule has 2 aromatic heterocycles. The maximum absolute atomic E-state index is 15.0. The molecule has 1 aliphatic rings. The van der Waals surface area contributed by atoms with Crippen LogP contribution in [0.1, 0.15) is 30.1 Å². The van der Waals surface area contributed by atoms with E-state index in [1.54, 1.807) is 15.9 Å². The maximum Gasteiger partial charge on any atom is 0.409 e. The number of aromatic nitrogens is 3. The minimum Gasteiger partial charge on any atom is -0.449 e. The van der Waals surface area contributed by atoms with Crippen LogP contribution in [0.4, 0.5) is 30.9 Å². The van der Waals surface area contributed by atoms with Crippen molar-refractivity contribution in [3.05, 3.63) is 57.1 Å². The molecule has 220 valence electrons. The van der Waals surface area contributed by atoms with E-state index in [4.69, 9.17) is 16.3 Å². The Hall–Kier alpha value is -4.13. The number of imidazole rings is 1. The van der Waals surface area contributed by atoms with Gasteiger partial charge >= 0.3 is 11.8 Å². The first-order chi connectivity index (χ1) is 19.5. The summed E-state index contributed by atoms with van der Waals surface area (Å²) < 4.78 is 36.0. The van der Waals surface area contributed by atoms with Gasteiger partial charge in [-0.05, 0) is 30.7 Å². The first kappa shape index (κ1) is 29.8. The van der Waals surface area contributed by atoms with E-state index >= 15 is 0 Å². The number of anilines is 3. The van der Waals surface area contributed by atoms with Crippen LogP contribution >= 0.6 is 11.6 Å². The summed E-state index contributed by atoms with van der Waals surface area (Å²) in [5, 5.41) is 3.12. The van der Waals surface area contributed by atoms with Gasteiger partial charge in [0.2, 0.25) is 5.95 Å². The van der Waals surface area contributed by atoms with Crippen molar-refractivity contribution in [1.82, 2.24) is 24.3 Å². The third kappa shape index (κ3) is 6.45. The molecule has 14 heteroatoms. The Labute approximate surface area is 240 Å². The standard InChI is InChI=1S/C27H32ClF2N7O4/c1-5-6-13-41-27(40)37-11-9-36(10-12-37)25(38)17-8-7-16(14-19(17)28)31-23-21(35(4)26(39)33-23)18-15-20(29)24(34(2)3)32-22(18)30/h7-8,14-15,31H,5-6,9-13H2,1-4H3,(H,33,39). The lowest BCUT2D eigenvalue weighted by Gasteiger charge is -2.34. The van der Waals surface area contributed by atoms with Crippen molar-refractivity contribution in [3.8, 4) is 11.3 Å². The summed E-state index contributed by atoms with van der Waals surface area (Å²) in [6.45, 7) is 3.73. The topological polar surface area (TPSA) is 116 Å². The molecule has 0 unspecified atom stereocenters. The van der Waals surface area contributed by atoms with Gasteiger partial charge in [-0.15, -0.1) is 0 Å². The number of hydrogen-bond acceptors (Lipinski definition) is 7. The summed E-state index contributed by atoms with van der Waals surface area (Å²) in [5.74, 6) is -2.10. The number of piperazine rings is 1. The monoisotopic (exact) mass is 591 g/mol. The number of H-pyrrole nitrogens is 1. The van der Waals surface area contributed by atoms with Gasteiger partial charge in [0.1, 0.15) is 5.82 Å². The van der Waals surface area contributed by atoms with Gasteiger partial charge < -0.3 is 24.8 Å². The number of hydrogen-bond donors (Lipinski definition) is 2. The number of aromatic amines is 1. The molecule has 0 atom stereocenters. The molecule has 3 heterocycles. The summed E-state index contributed by atoms with van der Waals surface area (Å²) in [5.41, 5.74) is -0.0813. The quantitative estimate of drug-likeness (QED) is 0.298. The third-order valence-corrected chi connectivity index (χ3v) is 7.03. The van der Waals surface area contributed by atoms with E-state index in [-0.39, 0.29) is 45.5 Å². The number of carbonyl (C=O) groups is 2. The van der Waals surface area contributed by atoms with Crippen LogP contribution < -0.4 is 15.9 Å². The number of amides is 2. The molecule has 11 nitrogen and oxygen atoms in total. The normalized spacial score (nSPS) is 13.3. The number of pyridine rings is 1. The Bertz CT molecular complexity index is 1500. The highest BCUT2D eigenvalue weighted by molar-refractivity contribution is 6.34. The highest BCUT2D eigenvalue weighted by Crippen LogP contribution is 2.32. The predicted molar refractivity (Wildman–Crippen MR) is 152 cm³/mol. The van der Waals surface area contributed by atoms with E-state index in [2.05, 4.69) is 15.3 Å². The minimum atomic E-state index is -0.957. The lowest BCUT2D eigenvalue weighted by molar-refractivity contribution is 0.0558. The van der Waals surface area contributed by atoms with Crippen molar-refractivity contribution in [3.63, 3.8) is 0 Å². The van der Waals surface area contributed by atoms with Crippen LogP contribution in [0.2, 0.25) is 5.02 Å². The number of ether oxygens (including phenoxy) is 1. The van der Waals surface area contributed by atoms with Crippen LogP contribution in [0, 0.1) is 11.8 Å². The lowest BCUT2D eigenvalue weighted by atomic mass is 10.1. The molecule has 2 amide bonds. The van der Waals surface area contributed by atoms with E-state index in [0.29, 0.717) is 38.5 Å². The zero-order valence-electron chi connectivity index (χ0n) is 23.3. The van der Waals surface area contributed by atoms with Crippen LogP contribution in [0.5, 0.6) is 0 Å². The van der Waals surface area contributed by atoms with Gasteiger partial charge in [-0.25, -0.2) is 14.0 Å². The molecule has 1 aliphatic heterocycles. The Morgan fingerprint density at radius 2 is 1.83 bits per heavy atom. The maximum atomic E-state index is 15.0. The average molecular weight is 592 g/mol. The lowest BCUT2D eigenvalue weighted by Crippen LogP contribution is -2.50. The highest BCUT2D eigenvalue weighted by Gasteiger charge is 2.27. The summed E-state index contributed by atoms with van der Waals surface area (Å²) in [6, 6.07) is 5.59. The van der Waals surface area contributed by atoms with Crippen LogP contribution in [0.3, 0.4) is 0 Å². The number of benzene rings is 1. The van der Waals surface area contributed by atoms with Crippen molar-refractivity contribution in [2.45, 2.75) is 19.8 Å². The molecule has 0 bridgehead atoms. The second-order valence-electron chi connectivity index (χ2n) is 9.81. The number of rotatable bonds is 8. The van der Waals surface area contributed by atoms with Crippen molar-refractivity contribution >= 4 is 40.9 Å². The molecular formula is C27H32ClF2N7O4. The molecule has 2 N–H and O–H groups in total.